The van der Waals surface area contributed by atoms with Crippen LogP contribution in [0.4, 0.5) is 9.52 Å². The van der Waals surface area contributed by atoms with Crippen LogP contribution in [0.3, 0.4) is 0 Å². The van der Waals surface area contributed by atoms with Gasteiger partial charge in [-0.15, -0.1) is 0 Å². The third-order valence-corrected chi connectivity index (χ3v) is 7.22. The molecule has 3 aromatic carbocycles. The molecule has 0 atom stereocenters. The Balaban J connectivity index is 1.75. The van der Waals surface area contributed by atoms with Crippen molar-refractivity contribution < 1.29 is 17.6 Å². The number of benzene rings is 3. The minimum atomic E-state index is -3.35. The van der Waals surface area contributed by atoms with Gasteiger partial charge < -0.3 is 0 Å². The molecule has 1 aromatic heterocycles. The Labute approximate surface area is 203 Å². The molecule has 0 bridgehead atoms. The van der Waals surface area contributed by atoms with Crippen molar-refractivity contribution in [3.63, 3.8) is 0 Å². The summed E-state index contributed by atoms with van der Waals surface area (Å²) >= 11 is 13.2. The van der Waals surface area contributed by atoms with Crippen molar-refractivity contribution in [3.05, 3.63) is 88.2 Å². The van der Waals surface area contributed by atoms with E-state index in [1.807, 2.05) is 0 Å². The second-order valence-electron chi connectivity index (χ2n) is 7.11. The lowest BCUT2D eigenvalue weighted by Crippen LogP contribution is -2.11. The van der Waals surface area contributed by atoms with Crippen molar-refractivity contribution >= 4 is 55.4 Å². The quantitative estimate of drug-likeness (QED) is 0.322. The molecule has 0 saturated heterocycles. The van der Waals surface area contributed by atoms with Gasteiger partial charge in [0.1, 0.15) is 5.82 Å². The number of carbonyl (C=O) groups excluding carboxylic acids is 1. The summed E-state index contributed by atoms with van der Waals surface area (Å²) in [5.41, 5.74) is 2.13. The van der Waals surface area contributed by atoms with E-state index < -0.39 is 15.7 Å². The lowest BCUT2D eigenvalue weighted by Gasteiger charge is -2.04. The molecular formula is C23H15Cl2FN2O3S2. The van der Waals surface area contributed by atoms with Gasteiger partial charge in [0.05, 0.1) is 15.5 Å². The smallest absolute Gasteiger partial charge is 0.257 e. The molecule has 0 fully saturated rings. The zero-order valence-electron chi connectivity index (χ0n) is 17.0. The molecule has 1 heterocycles. The molecular weight excluding hydrogens is 506 g/mol. The molecule has 1 N–H and O–H groups in total. The Morgan fingerprint density at radius 2 is 1.52 bits per heavy atom. The second-order valence-corrected chi connectivity index (χ2v) is 11.0. The number of rotatable bonds is 5. The molecule has 4 rings (SSSR count). The third kappa shape index (κ3) is 5.42. The van der Waals surface area contributed by atoms with Gasteiger partial charge in [-0.25, -0.2) is 17.8 Å². The van der Waals surface area contributed by atoms with Crippen LogP contribution in [0, 0.1) is 5.82 Å². The fraction of sp³-hybridized carbons (Fsp3) is 0.0435. The Kier molecular flexibility index (Phi) is 6.54. The maximum absolute atomic E-state index is 13.5. The van der Waals surface area contributed by atoms with Crippen LogP contribution in [0.15, 0.2) is 71.6 Å². The number of anilines is 1. The summed E-state index contributed by atoms with van der Waals surface area (Å²) in [6, 6.07) is 16.6. The van der Waals surface area contributed by atoms with Gasteiger partial charge in [0.25, 0.3) is 5.91 Å². The van der Waals surface area contributed by atoms with E-state index in [-0.39, 0.29) is 16.3 Å². The van der Waals surface area contributed by atoms with E-state index >= 15 is 0 Å². The number of hydrogen-bond acceptors (Lipinski definition) is 5. The number of nitrogens with zero attached hydrogens (tertiary/aromatic N) is 1. The summed E-state index contributed by atoms with van der Waals surface area (Å²) in [5.74, 6) is -0.836. The number of amides is 1. The molecule has 0 unspecified atom stereocenters. The molecule has 0 aliphatic heterocycles. The molecule has 168 valence electrons. The van der Waals surface area contributed by atoms with E-state index in [1.54, 1.807) is 24.3 Å². The van der Waals surface area contributed by atoms with E-state index in [2.05, 4.69) is 10.3 Å². The molecule has 4 aromatic rings. The van der Waals surface area contributed by atoms with Crippen molar-refractivity contribution in [2.75, 3.05) is 11.6 Å². The summed E-state index contributed by atoms with van der Waals surface area (Å²) < 4.78 is 37.1. The Hall–Kier alpha value is -2.78. The first-order valence-corrected chi connectivity index (χ1v) is 12.9. The molecule has 10 heteroatoms. The number of sulfone groups is 1. The first kappa shape index (κ1) is 23.4. The van der Waals surface area contributed by atoms with Gasteiger partial charge in [-0.1, -0.05) is 46.7 Å². The molecule has 0 aliphatic carbocycles. The minimum absolute atomic E-state index is 0.186. The molecule has 0 saturated carbocycles. The molecule has 0 radical (unpaired) electrons. The van der Waals surface area contributed by atoms with Crippen molar-refractivity contribution in [2.45, 2.75) is 4.90 Å². The molecule has 5 nitrogen and oxygen atoms in total. The lowest BCUT2D eigenvalue weighted by molar-refractivity contribution is 0.102. The average molecular weight is 521 g/mol. The van der Waals surface area contributed by atoms with Crippen LogP contribution >= 0.6 is 34.5 Å². The van der Waals surface area contributed by atoms with Crippen molar-refractivity contribution in [2.24, 2.45) is 0 Å². The Morgan fingerprint density at radius 1 is 0.939 bits per heavy atom. The molecule has 1 amide bonds. The summed E-state index contributed by atoms with van der Waals surface area (Å²) in [6.45, 7) is 0. The van der Waals surface area contributed by atoms with E-state index in [0.717, 1.165) is 6.26 Å². The van der Waals surface area contributed by atoms with Gasteiger partial charge in [-0.2, -0.15) is 0 Å². The predicted octanol–water partition coefficient (Wildman–Crippen LogP) is 6.58. The van der Waals surface area contributed by atoms with E-state index in [1.165, 1.54) is 53.8 Å². The Bertz CT molecular complexity index is 1430. The highest BCUT2D eigenvalue weighted by molar-refractivity contribution is 7.90. The zero-order chi connectivity index (χ0) is 23.8. The van der Waals surface area contributed by atoms with E-state index in [0.29, 0.717) is 36.9 Å². The van der Waals surface area contributed by atoms with Gasteiger partial charge in [0, 0.05) is 27.4 Å². The van der Waals surface area contributed by atoms with Crippen LogP contribution in [0.1, 0.15) is 10.4 Å². The summed E-state index contributed by atoms with van der Waals surface area (Å²) in [7, 11) is -3.35. The topological polar surface area (TPSA) is 76.1 Å². The highest BCUT2D eigenvalue weighted by Crippen LogP contribution is 2.39. The van der Waals surface area contributed by atoms with Crippen LogP contribution in [0.2, 0.25) is 10.0 Å². The van der Waals surface area contributed by atoms with Crippen LogP contribution in [0.25, 0.3) is 21.7 Å². The van der Waals surface area contributed by atoms with Crippen LogP contribution in [0.5, 0.6) is 0 Å². The van der Waals surface area contributed by atoms with Gasteiger partial charge in [0.2, 0.25) is 0 Å². The average Bonchev–Trinajstić information content (AvgIpc) is 3.16. The van der Waals surface area contributed by atoms with E-state index in [9.17, 15) is 17.6 Å². The number of hydrogen-bond donors (Lipinski definition) is 1. The Morgan fingerprint density at radius 3 is 2.09 bits per heavy atom. The lowest BCUT2D eigenvalue weighted by atomic mass is 10.1. The number of carbonyl (C=O) groups is 1. The molecule has 33 heavy (non-hydrogen) atoms. The first-order chi connectivity index (χ1) is 15.6. The zero-order valence-corrected chi connectivity index (χ0v) is 20.1. The third-order valence-electron chi connectivity index (χ3n) is 4.63. The summed E-state index contributed by atoms with van der Waals surface area (Å²) in [5, 5.41) is 3.69. The summed E-state index contributed by atoms with van der Waals surface area (Å²) in [6.07, 6.45) is 1.13. The van der Waals surface area contributed by atoms with Crippen molar-refractivity contribution in [3.8, 4) is 21.7 Å². The fourth-order valence-electron chi connectivity index (χ4n) is 3.08. The standard InChI is InChI=1S/C23H15Cl2FN2O3S2/c1-33(30,31)19-8-4-14(5-9-19)21-20(13-2-6-18(26)7-3-13)27-23(32-21)28-22(29)15-10-16(24)12-17(25)11-15/h2-12H,1H3,(H,27,28,29). The second kappa shape index (κ2) is 9.23. The fourth-order valence-corrected chi connectivity index (χ4v) is 5.23. The molecule has 0 aliphatic rings. The van der Waals surface area contributed by atoms with Crippen LogP contribution < -0.4 is 5.32 Å². The van der Waals surface area contributed by atoms with Crippen molar-refractivity contribution in [1.82, 2.24) is 4.98 Å². The first-order valence-electron chi connectivity index (χ1n) is 9.45. The number of nitrogens with one attached hydrogen (secondary N) is 1. The van der Waals surface area contributed by atoms with E-state index in [4.69, 9.17) is 23.2 Å². The van der Waals surface area contributed by atoms with Crippen LogP contribution in [-0.2, 0) is 9.84 Å². The monoisotopic (exact) mass is 520 g/mol. The number of thiazole rings is 1. The normalized spacial score (nSPS) is 11.4. The minimum Gasteiger partial charge on any atom is -0.298 e. The van der Waals surface area contributed by atoms with Crippen molar-refractivity contribution in [1.29, 1.82) is 0 Å². The molecule has 0 spiro atoms. The van der Waals surface area contributed by atoms with Crippen LogP contribution in [-0.4, -0.2) is 25.6 Å². The van der Waals surface area contributed by atoms with Gasteiger partial charge >= 0.3 is 0 Å². The maximum atomic E-state index is 13.5. The SMILES string of the molecule is CS(=O)(=O)c1ccc(-c2sc(NC(=O)c3cc(Cl)cc(Cl)c3)nc2-c2ccc(F)cc2)cc1. The van der Waals surface area contributed by atoms with Gasteiger partial charge in [0.15, 0.2) is 15.0 Å². The van der Waals surface area contributed by atoms with Gasteiger partial charge in [-0.3, -0.25) is 10.1 Å². The van der Waals surface area contributed by atoms with Gasteiger partial charge in [-0.05, 0) is 60.2 Å². The highest BCUT2D eigenvalue weighted by atomic mass is 35.5. The maximum Gasteiger partial charge on any atom is 0.257 e. The summed E-state index contributed by atoms with van der Waals surface area (Å²) in [4.78, 5) is 18.1. The highest BCUT2D eigenvalue weighted by Gasteiger charge is 2.18. The number of halogens is 3. The largest absolute Gasteiger partial charge is 0.298 e. The number of aromatic nitrogens is 1. The predicted molar refractivity (Wildman–Crippen MR) is 130 cm³/mol.